The lowest BCUT2D eigenvalue weighted by Gasteiger charge is -2.19. The Balaban J connectivity index is 2.23. The number of benzene rings is 1. The van der Waals surface area contributed by atoms with E-state index in [1.807, 2.05) is 4.68 Å². The van der Waals surface area contributed by atoms with Gasteiger partial charge >= 0.3 is 0 Å². The zero-order chi connectivity index (χ0) is 15.4. The molecule has 2 aromatic rings. The maximum atomic E-state index is 4.67. The van der Waals surface area contributed by atoms with Gasteiger partial charge in [0.25, 0.3) is 0 Å². The van der Waals surface area contributed by atoms with E-state index in [9.17, 15) is 0 Å². The number of hydrogen-bond donors (Lipinski definition) is 1. The van der Waals surface area contributed by atoms with E-state index in [0.717, 1.165) is 23.1 Å². The van der Waals surface area contributed by atoms with Crippen LogP contribution in [0.3, 0.4) is 0 Å². The number of hydrogen-bond acceptors (Lipinski definition) is 2. The summed E-state index contributed by atoms with van der Waals surface area (Å²) in [7, 11) is 0. The highest BCUT2D eigenvalue weighted by Gasteiger charge is 2.16. The second kappa shape index (κ2) is 7.74. The Kier molecular flexibility index (Phi) is 6.25. The van der Waals surface area contributed by atoms with Gasteiger partial charge in [0.2, 0.25) is 0 Å². The van der Waals surface area contributed by atoms with E-state index in [1.54, 1.807) is 0 Å². The Morgan fingerprint density at radius 1 is 1.33 bits per heavy atom. The van der Waals surface area contributed by atoms with Crippen molar-refractivity contribution in [1.29, 1.82) is 0 Å². The highest BCUT2D eigenvalue weighted by Crippen LogP contribution is 2.27. The normalized spacial score (nSPS) is 12.9. The van der Waals surface area contributed by atoms with Gasteiger partial charge in [0.1, 0.15) is 0 Å². The summed E-state index contributed by atoms with van der Waals surface area (Å²) in [5.74, 6) is 0. The average molecular weight is 462 g/mol. The van der Waals surface area contributed by atoms with Crippen LogP contribution in [0.1, 0.15) is 44.1 Å². The van der Waals surface area contributed by atoms with Gasteiger partial charge in [-0.3, -0.25) is 4.68 Å². The molecular weight excluding hydrogens is 441 g/mol. The van der Waals surface area contributed by atoms with E-state index in [1.165, 1.54) is 9.13 Å². The molecule has 0 amide bonds. The summed E-state index contributed by atoms with van der Waals surface area (Å²) in [5, 5.41) is 8.24. The summed E-state index contributed by atoms with van der Waals surface area (Å²) in [4.78, 5) is 0. The fraction of sp³-hybridized carbons (Fsp3) is 0.438. The van der Waals surface area contributed by atoms with Crippen LogP contribution in [-0.2, 0) is 6.42 Å². The average Bonchev–Trinajstić information content (AvgIpc) is 2.90. The van der Waals surface area contributed by atoms with Gasteiger partial charge in [0.15, 0.2) is 0 Å². The quantitative estimate of drug-likeness (QED) is 0.630. The second-order valence-corrected chi connectivity index (χ2v) is 7.46. The van der Waals surface area contributed by atoms with Crippen molar-refractivity contribution in [2.24, 2.45) is 0 Å². The zero-order valence-corrected chi connectivity index (χ0v) is 16.3. The Morgan fingerprint density at radius 2 is 2.10 bits per heavy atom. The predicted molar refractivity (Wildman–Crippen MR) is 99.6 cm³/mol. The molecule has 0 radical (unpaired) electrons. The number of aromatic nitrogens is 2. The lowest BCUT2D eigenvalue weighted by atomic mass is 10.0. The standard InChI is InChI=1S/C16H21BrIN3/c1-4-19-16(14-9-12(18)5-6-15(14)17)10-13-7-8-21(20-13)11(2)3/h5-9,11,16,19H,4,10H2,1-3H3. The SMILES string of the molecule is CCNC(Cc1ccn(C(C)C)n1)c1cc(I)ccc1Br. The van der Waals surface area contributed by atoms with Crippen molar-refractivity contribution < 1.29 is 0 Å². The van der Waals surface area contributed by atoms with Crippen molar-refractivity contribution in [2.75, 3.05) is 6.54 Å². The molecule has 0 saturated carbocycles. The van der Waals surface area contributed by atoms with Crippen LogP contribution >= 0.6 is 38.5 Å². The molecule has 114 valence electrons. The molecule has 5 heteroatoms. The Bertz CT molecular complexity index is 595. The van der Waals surface area contributed by atoms with Gasteiger partial charge in [-0.2, -0.15) is 5.10 Å². The number of halogens is 2. The van der Waals surface area contributed by atoms with Crippen molar-refractivity contribution in [3.63, 3.8) is 0 Å². The van der Waals surface area contributed by atoms with Crippen molar-refractivity contribution in [1.82, 2.24) is 15.1 Å². The van der Waals surface area contributed by atoms with Gasteiger partial charge in [-0.15, -0.1) is 0 Å². The Morgan fingerprint density at radius 3 is 2.71 bits per heavy atom. The van der Waals surface area contributed by atoms with Crippen molar-refractivity contribution in [3.05, 3.63) is 49.8 Å². The number of rotatable bonds is 6. The van der Waals surface area contributed by atoms with E-state index >= 15 is 0 Å². The van der Waals surface area contributed by atoms with Crippen LogP contribution in [0.4, 0.5) is 0 Å². The molecule has 0 spiro atoms. The van der Waals surface area contributed by atoms with E-state index in [-0.39, 0.29) is 6.04 Å². The lowest BCUT2D eigenvalue weighted by Crippen LogP contribution is -2.23. The molecule has 0 bridgehead atoms. The number of nitrogens with zero attached hydrogens (tertiary/aromatic N) is 2. The van der Waals surface area contributed by atoms with Gasteiger partial charge in [-0.05, 0) is 72.8 Å². The van der Waals surface area contributed by atoms with Crippen molar-refractivity contribution in [2.45, 2.75) is 39.3 Å². The highest BCUT2D eigenvalue weighted by atomic mass is 127. The van der Waals surface area contributed by atoms with Gasteiger partial charge in [0, 0.05) is 32.7 Å². The molecule has 1 unspecified atom stereocenters. The Hall–Kier alpha value is -0.400. The summed E-state index contributed by atoms with van der Waals surface area (Å²) >= 11 is 6.03. The summed E-state index contributed by atoms with van der Waals surface area (Å²) in [6.45, 7) is 7.37. The van der Waals surface area contributed by atoms with Crippen LogP contribution in [0.5, 0.6) is 0 Å². The molecule has 0 saturated heterocycles. The Labute approximate surface area is 148 Å². The number of likely N-dealkylation sites (N-methyl/N-ethyl adjacent to an activating group) is 1. The molecule has 1 N–H and O–H groups in total. The van der Waals surface area contributed by atoms with Crippen molar-refractivity contribution >= 4 is 38.5 Å². The molecular formula is C16H21BrIN3. The van der Waals surface area contributed by atoms with Crippen LogP contribution < -0.4 is 5.32 Å². The largest absolute Gasteiger partial charge is 0.310 e. The molecule has 0 aliphatic rings. The van der Waals surface area contributed by atoms with Gasteiger partial charge in [-0.25, -0.2) is 0 Å². The fourth-order valence-electron chi connectivity index (χ4n) is 2.30. The molecule has 21 heavy (non-hydrogen) atoms. The van der Waals surface area contributed by atoms with Crippen molar-refractivity contribution in [3.8, 4) is 0 Å². The van der Waals surface area contributed by atoms with E-state index in [4.69, 9.17) is 0 Å². The molecule has 1 heterocycles. The minimum absolute atomic E-state index is 0.273. The molecule has 1 aromatic carbocycles. The third kappa shape index (κ3) is 4.53. The maximum absolute atomic E-state index is 4.67. The molecule has 1 aromatic heterocycles. The highest BCUT2D eigenvalue weighted by molar-refractivity contribution is 14.1. The van der Waals surface area contributed by atoms with E-state index in [2.05, 4.69) is 100 Å². The first-order valence-electron chi connectivity index (χ1n) is 7.23. The van der Waals surface area contributed by atoms with Gasteiger partial charge < -0.3 is 5.32 Å². The fourth-order valence-corrected chi connectivity index (χ4v) is 3.34. The topological polar surface area (TPSA) is 29.9 Å². The van der Waals surface area contributed by atoms with E-state index in [0.29, 0.717) is 6.04 Å². The minimum atomic E-state index is 0.273. The van der Waals surface area contributed by atoms with Gasteiger partial charge in [0.05, 0.1) is 5.69 Å². The third-order valence-corrected chi connectivity index (χ3v) is 4.78. The molecule has 1 atom stereocenters. The first-order chi connectivity index (χ1) is 10.0. The van der Waals surface area contributed by atoms with Crippen LogP contribution in [-0.4, -0.2) is 16.3 Å². The maximum Gasteiger partial charge on any atom is 0.0643 e. The second-order valence-electron chi connectivity index (χ2n) is 5.36. The smallest absolute Gasteiger partial charge is 0.0643 e. The molecule has 3 nitrogen and oxygen atoms in total. The monoisotopic (exact) mass is 461 g/mol. The zero-order valence-electron chi connectivity index (χ0n) is 12.6. The molecule has 0 fully saturated rings. The van der Waals surface area contributed by atoms with Crippen LogP contribution in [0.2, 0.25) is 0 Å². The minimum Gasteiger partial charge on any atom is -0.310 e. The number of nitrogens with one attached hydrogen (secondary N) is 1. The van der Waals surface area contributed by atoms with Crippen LogP contribution in [0.15, 0.2) is 34.9 Å². The molecule has 2 rings (SSSR count). The summed E-state index contributed by atoms with van der Waals surface area (Å²) in [5.41, 5.74) is 2.42. The summed E-state index contributed by atoms with van der Waals surface area (Å²) in [6, 6.07) is 9.26. The first kappa shape index (κ1) is 17.0. The summed E-state index contributed by atoms with van der Waals surface area (Å²) in [6.07, 6.45) is 2.96. The predicted octanol–water partition coefficient (Wildman–Crippen LogP) is 4.72. The summed E-state index contributed by atoms with van der Waals surface area (Å²) < 4.78 is 4.42. The van der Waals surface area contributed by atoms with E-state index < -0.39 is 0 Å². The third-order valence-electron chi connectivity index (χ3n) is 3.39. The lowest BCUT2D eigenvalue weighted by molar-refractivity contribution is 0.506. The van der Waals surface area contributed by atoms with Crippen LogP contribution in [0.25, 0.3) is 0 Å². The molecule has 0 aliphatic heterocycles. The molecule has 0 aliphatic carbocycles. The van der Waals surface area contributed by atoms with Crippen LogP contribution in [0, 0.1) is 3.57 Å². The van der Waals surface area contributed by atoms with Gasteiger partial charge in [-0.1, -0.05) is 22.9 Å². The first-order valence-corrected chi connectivity index (χ1v) is 9.10.